The summed E-state index contributed by atoms with van der Waals surface area (Å²) in [6, 6.07) is 11.3. The Balaban J connectivity index is 1.30. The first-order chi connectivity index (χ1) is 19.4. The number of nitrogens with two attached hydrogens (primary N) is 1. The third kappa shape index (κ3) is 5.14. The van der Waals surface area contributed by atoms with E-state index in [1.165, 1.54) is 18.5 Å². The molecule has 1 saturated heterocycles. The number of alkyl halides is 3. The minimum Gasteiger partial charge on any atom is -0.457 e. The maximum atomic E-state index is 13.1. The zero-order valence-corrected chi connectivity index (χ0v) is 22.7. The molecule has 1 aliphatic carbocycles. The third-order valence-electron chi connectivity index (χ3n) is 7.43. The molecule has 1 aliphatic heterocycles. The summed E-state index contributed by atoms with van der Waals surface area (Å²) in [4.78, 5) is 23.4. The van der Waals surface area contributed by atoms with Gasteiger partial charge in [0.1, 0.15) is 34.9 Å². The molecule has 3 unspecified atom stereocenters. The van der Waals surface area contributed by atoms with E-state index in [9.17, 15) is 18.0 Å². The highest BCUT2D eigenvalue weighted by molar-refractivity contribution is 5.98. The van der Waals surface area contributed by atoms with Crippen LogP contribution in [0, 0.1) is 5.92 Å². The highest BCUT2D eigenvalue weighted by Crippen LogP contribution is 2.46. The van der Waals surface area contributed by atoms with Crippen molar-refractivity contribution < 1.29 is 27.4 Å². The largest absolute Gasteiger partial charge is 0.457 e. The van der Waals surface area contributed by atoms with Crippen molar-refractivity contribution >= 4 is 22.9 Å². The SMILES string of the molecule is CC(C)(C)OC(=O)N1CC2CC1C(n1nc(-c3ccc(Oc4cccc(C(F)(F)F)c4)cc3)c3c(N)ncnc31)C2. The van der Waals surface area contributed by atoms with Crippen LogP contribution in [-0.2, 0) is 10.9 Å². The van der Waals surface area contributed by atoms with Crippen LogP contribution in [-0.4, -0.2) is 48.9 Å². The highest BCUT2D eigenvalue weighted by Gasteiger charge is 2.50. The van der Waals surface area contributed by atoms with Crippen molar-refractivity contribution in [2.24, 2.45) is 5.92 Å². The van der Waals surface area contributed by atoms with E-state index in [0.717, 1.165) is 25.0 Å². The number of anilines is 1. The number of hydrogen-bond donors (Lipinski definition) is 1. The number of nitrogen functional groups attached to an aromatic ring is 1. The van der Waals surface area contributed by atoms with E-state index in [-0.39, 0.29) is 29.7 Å². The van der Waals surface area contributed by atoms with Crippen molar-refractivity contribution in [3.05, 3.63) is 60.4 Å². The predicted octanol–water partition coefficient (Wildman–Crippen LogP) is 6.46. The van der Waals surface area contributed by atoms with Gasteiger partial charge in [-0.2, -0.15) is 18.3 Å². The summed E-state index contributed by atoms with van der Waals surface area (Å²) < 4.78 is 52.4. The van der Waals surface area contributed by atoms with Crippen LogP contribution in [0.1, 0.15) is 45.2 Å². The number of fused-ring (bicyclic) bond motifs is 3. The molecule has 2 aromatic heterocycles. The molecule has 2 bridgehead atoms. The second-order valence-corrected chi connectivity index (χ2v) is 11.5. The summed E-state index contributed by atoms with van der Waals surface area (Å²) in [5.41, 5.74) is 6.76. The monoisotopic (exact) mass is 566 g/mol. The quantitative estimate of drug-likeness (QED) is 0.302. The molecule has 0 radical (unpaired) electrons. The number of piperidine rings is 1. The van der Waals surface area contributed by atoms with Crippen molar-refractivity contribution in [3.63, 3.8) is 0 Å². The van der Waals surface area contributed by atoms with Gasteiger partial charge in [0.05, 0.1) is 23.0 Å². The fraction of sp³-hybridized carbons (Fsp3) is 0.379. The molecule has 2 N–H and O–H groups in total. The molecule has 0 spiro atoms. The second-order valence-electron chi connectivity index (χ2n) is 11.5. The molecule has 6 rings (SSSR count). The molecular formula is C29H29F3N6O3. The minimum atomic E-state index is -4.46. The lowest BCUT2D eigenvalue weighted by atomic mass is 10.1. The van der Waals surface area contributed by atoms with Gasteiger partial charge in [-0.05, 0) is 82.0 Å². The van der Waals surface area contributed by atoms with Gasteiger partial charge in [-0.3, -0.25) is 0 Å². The standard InChI is InChI=1S/C29H29F3N6O3/c1-28(2,3)41-27(39)37-14-16-11-21(37)22(12-16)38-26-23(25(33)34-15-35-26)24(36-38)17-7-9-19(10-8-17)40-20-6-4-5-18(13-20)29(30,31)32/h4-10,13,15-16,21-22H,11-12,14H2,1-3H3,(H2,33,34,35). The normalized spacial score (nSPS) is 20.5. The van der Waals surface area contributed by atoms with Crippen LogP contribution in [0.15, 0.2) is 54.9 Å². The Bertz CT molecular complexity index is 1610. The number of hydrogen-bond acceptors (Lipinski definition) is 7. The number of rotatable bonds is 4. The topological polar surface area (TPSA) is 108 Å². The number of carbonyl (C=O) groups is 1. The van der Waals surface area contributed by atoms with Crippen LogP contribution in [0.2, 0.25) is 0 Å². The zero-order valence-electron chi connectivity index (χ0n) is 22.7. The second kappa shape index (κ2) is 9.64. The molecule has 12 heteroatoms. The summed E-state index contributed by atoms with van der Waals surface area (Å²) in [6.45, 7) is 6.19. The predicted molar refractivity (Wildman–Crippen MR) is 145 cm³/mol. The summed E-state index contributed by atoms with van der Waals surface area (Å²) in [7, 11) is 0. The maximum Gasteiger partial charge on any atom is 0.416 e. The number of nitrogens with zero attached hydrogens (tertiary/aromatic N) is 5. The molecule has 41 heavy (non-hydrogen) atoms. The smallest absolute Gasteiger partial charge is 0.416 e. The Kier molecular flexibility index (Phi) is 6.31. The van der Waals surface area contributed by atoms with Gasteiger partial charge in [-0.1, -0.05) is 6.07 Å². The lowest BCUT2D eigenvalue weighted by Crippen LogP contribution is -2.45. The van der Waals surface area contributed by atoms with Gasteiger partial charge in [-0.15, -0.1) is 0 Å². The van der Waals surface area contributed by atoms with E-state index in [0.29, 0.717) is 40.5 Å². The molecule has 1 saturated carbocycles. The van der Waals surface area contributed by atoms with Crippen molar-refractivity contribution in [2.75, 3.05) is 12.3 Å². The number of amides is 1. The van der Waals surface area contributed by atoms with Gasteiger partial charge < -0.3 is 20.1 Å². The van der Waals surface area contributed by atoms with Crippen molar-refractivity contribution in [3.8, 4) is 22.8 Å². The Morgan fingerprint density at radius 1 is 1.00 bits per heavy atom. The minimum absolute atomic E-state index is 0.0748. The molecule has 214 valence electrons. The molecule has 2 fully saturated rings. The van der Waals surface area contributed by atoms with E-state index in [1.807, 2.05) is 25.5 Å². The van der Waals surface area contributed by atoms with Gasteiger partial charge in [0.25, 0.3) is 0 Å². The van der Waals surface area contributed by atoms with Gasteiger partial charge in [0.2, 0.25) is 0 Å². The van der Waals surface area contributed by atoms with E-state index >= 15 is 0 Å². The number of aromatic nitrogens is 4. The van der Waals surface area contributed by atoms with Gasteiger partial charge in [-0.25, -0.2) is 19.4 Å². The Morgan fingerprint density at radius 3 is 2.41 bits per heavy atom. The highest BCUT2D eigenvalue weighted by atomic mass is 19.4. The van der Waals surface area contributed by atoms with Crippen molar-refractivity contribution in [2.45, 2.75) is 57.5 Å². The molecule has 4 aromatic rings. The summed E-state index contributed by atoms with van der Waals surface area (Å²) in [6.07, 6.45) is -1.72. The molecule has 1 amide bonds. The Labute approximate surface area is 234 Å². The van der Waals surface area contributed by atoms with Crippen LogP contribution in [0.25, 0.3) is 22.3 Å². The number of benzene rings is 2. The van der Waals surface area contributed by atoms with Crippen LogP contribution >= 0.6 is 0 Å². The zero-order chi connectivity index (χ0) is 29.1. The van der Waals surface area contributed by atoms with Crippen LogP contribution in [0.3, 0.4) is 0 Å². The lowest BCUT2D eigenvalue weighted by molar-refractivity contribution is -0.137. The van der Waals surface area contributed by atoms with Crippen LogP contribution in [0.4, 0.5) is 23.8 Å². The van der Waals surface area contributed by atoms with Gasteiger partial charge in [0.15, 0.2) is 5.65 Å². The van der Waals surface area contributed by atoms with Crippen molar-refractivity contribution in [1.82, 2.24) is 24.6 Å². The van der Waals surface area contributed by atoms with Crippen molar-refractivity contribution in [1.29, 1.82) is 0 Å². The molecule has 2 aliphatic rings. The molecule has 2 aromatic carbocycles. The summed E-state index contributed by atoms with van der Waals surface area (Å²) in [5.74, 6) is 1.03. The number of likely N-dealkylation sites (tertiary alicyclic amines) is 1. The third-order valence-corrected chi connectivity index (χ3v) is 7.43. The lowest BCUT2D eigenvalue weighted by Gasteiger charge is -2.34. The molecular weight excluding hydrogens is 537 g/mol. The number of carbonyl (C=O) groups excluding carboxylic acids is 1. The molecule has 9 nitrogen and oxygen atoms in total. The maximum absolute atomic E-state index is 13.1. The average Bonchev–Trinajstić information content (AvgIpc) is 3.61. The van der Waals surface area contributed by atoms with E-state index in [2.05, 4.69) is 9.97 Å². The van der Waals surface area contributed by atoms with Gasteiger partial charge in [0, 0.05) is 12.1 Å². The fourth-order valence-corrected chi connectivity index (χ4v) is 5.77. The van der Waals surface area contributed by atoms with E-state index < -0.39 is 17.3 Å². The van der Waals surface area contributed by atoms with Crippen LogP contribution in [0.5, 0.6) is 11.5 Å². The van der Waals surface area contributed by atoms with Crippen LogP contribution < -0.4 is 10.5 Å². The summed E-state index contributed by atoms with van der Waals surface area (Å²) in [5, 5.41) is 5.52. The van der Waals surface area contributed by atoms with Gasteiger partial charge >= 0.3 is 12.3 Å². The first-order valence-corrected chi connectivity index (χ1v) is 13.3. The Hall–Kier alpha value is -4.35. The van der Waals surface area contributed by atoms with E-state index in [4.69, 9.17) is 20.3 Å². The van der Waals surface area contributed by atoms with E-state index in [1.54, 1.807) is 29.2 Å². The average molecular weight is 567 g/mol. The number of halogens is 3. The number of ether oxygens (including phenoxy) is 2. The molecule has 3 atom stereocenters. The fourth-order valence-electron chi connectivity index (χ4n) is 5.77. The first-order valence-electron chi connectivity index (χ1n) is 13.3. The Morgan fingerprint density at radius 2 is 1.73 bits per heavy atom. The summed E-state index contributed by atoms with van der Waals surface area (Å²) >= 11 is 0. The first kappa shape index (κ1) is 26.9. The molecule has 3 heterocycles.